The highest BCUT2D eigenvalue weighted by Crippen LogP contribution is 2.40. The molecule has 2 atom stereocenters. The molecule has 2 aliphatic rings. The molecule has 1 aromatic rings. The molecule has 0 bridgehead atoms. The number of rotatable bonds is 7. The number of ether oxygens (including phenoxy) is 3. The number of hydrogen-bond acceptors (Lipinski definition) is 6. The van der Waals surface area contributed by atoms with E-state index < -0.39 is 0 Å². The summed E-state index contributed by atoms with van der Waals surface area (Å²) in [4.78, 5) is 0. The second kappa shape index (κ2) is 8.59. The molecule has 1 aliphatic carbocycles. The van der Waals surface area contributed by atoms with Crippen LogP contribution in [0.2, 0.25) is 0 Å². The summed E-state index contributed by atoms with van der Waals surface area (Å²) >= 11 is 0. The fraction of sp³-hybridized carbons (Fsp3) is 0.842. The molecule has 0 spiro atoms. The Morgan fingerprint density at radius 3 is 2.81 bits per heavy atom. The molecule has 1 aliphatic heterocycles. The van der Waals surface area contributed by atoms with Crippen LogP contribution in [0, 0.1) is 5.92 Å². The van der Waals surface area contributed by atoms with Crippen LogP contribution in [0.1, 0.15) is 52.0 Å². The van der Waals surface area contributed by atoms with Gasteiger partial charge in [0.15, 0.2) is 0 Å². The highest BCUT2D eigenvalue weighted by molar-refractivity contribution is 5.46. The van der Waals surface area contributed by atoms with E-state index in [9.17, 15) is 0 Å². The maximum Gasteiger partial charge on any atom is 0.256 e. The first-order chi connectivity index (χ1) is 12.5. The van der Waals surface area contributed by atoms with Gasteiger partial charge in [0.25, 0.3) is 5.88 Å². The first kappa shape index (κ1) is 19.5. The van der Waals surface area contributed by atoms with Gasteiger partial charge >= 0.3 is 0 Å². The zero-order valence-electron chi connectivity index (χ0n) is 16.4. The van der Waals surface area contributed by atoms with Gasteiger partial charge in [-0.05, 0) is 45.4 Å². The van der Waals surface area contributed by atoms with Crippen LogP contribution >= 0.6 is 0 Å². The molecular formula is C19H34N4O3. The van der Waals surface area contributed by atoms with Crippen LogP contribution in [0.5, 0.6) is 5.88 Å². The summed E-state index contributed by atoms with van der Waals surface area (Å²) in [5.41, 5.74) is 6.64. The molecule has 3 N–H and O–H groups in total. The van der Waals surface area contributed by atoms with Crippen molar-refractivity contribution in [3.8, 4) is 5.88 Å². The first-order valence-electron chi connectivity index (χ1n) is 9.86. The second-order valence-electron chi connectivity index (χ2n) is 7.94. The molecule has 1 saturated carbocycles. The zero-order chi connectivity index (χ0) is 18.6. The lowest BCUT2D eigenvalue weighted by atomic mass is 9.75. The smallest absolute Gasteiger partial charge is 0.256 e. The average molecular weight is 367 g/mol. The van der Waals surface area contributed by atoms with Crippen LogP contribution in [0.4, 0.5) is 5.69 Å². The van der Waals surface area contributed by atoms with Crippen LogP contribution in [-0.4, -0.2) is 54.9 Å². The van der Waals surface area contributed by atoms with E-state index in [2.05, 4.69) is 24.3 Å². The largest absolute Gasteiger partial charge is 0.475 e. The Hall–Kier alpha value is -1.31. The van der Waals surface area contributed by atoms with E-state index in [0.717, 1.165) is 45.2 Å². The van der Waals surface area contributed by atoms with Crippen molar-refractivity contribution in [3.63, 3.8) is 0 Å². The molecule has 148 valence electrons. The Labute approximate surface area is 156 Å². The van der Waals surface area contributed by atoms with Crippen LogP contribution in [0.15, 0.2) is 6.20 Å². The van der Waals surface area contributed by atoms with Crippen LogP contribution in [0.3, 0.4) is 0 Å². The summed E-state index contributed by atoms with van der Waals surface area (Å²) in [7, 11) is 1.69. The molecule has 3 rings (SSSR count). The van der Waals surface area contributed by atoms with E-state index >= 15 is 0 Å². The number of nitrogens with one attached hydrogen (secondary N) is 1. The predicted octanol–water partition coefficient (Wildman–Crippen LogP) is 2.38. The Kier molecular flexibility index (Phi) is 6.42. The summed E-state index contributed by atoms with van der Waals surface area (Å²) < 4.78 is 19.0. The van der Waals surface area contributed by atoms with Crippen molar-refractivity contribution in [2.45, 2.75) is 63.7 Å². The normalized spacial score (nSPS) is 32.5. The zero-order valence-corrected chi connectivity index (χ0v) is 16.4. The van der Waals surface area contributed by atoms with E-state index in [1.807, 2.05) is 10.9 Å². The Bertz CT molecular complexity index is 571. The lowest BCUT2D eigenvalue weighted by molar-refractivity contribution is -0.138. The molecule has 7 nitrogen and oxygen atoms in total. The minimum absolute atomic E-state index is 0.0542. The summed E-state index contributed by atoms with van der Waals surface area (Å²) in [5.74, 6) is 1.13. The quantitative estimate of drug-likeness (QED) is 0.721. The summed E-state index contributed by atoms with van der Waals surface area (Å²) in [5, 5.41) is 8.10. The molecule has 2 heterocycles. The van der Waals surface area contributed by atoms with Gasteiger partial charge in [0.1, 0.15) is 5.69 Å². The van der Waals surface area contributed by atoms with Crippen molar-refractivity contribution in [2.75, 3.05) is 39.1 Å². The molecule has 1 saturated heterocycles. The minimum atomic E-state index is -0.0542. The van der Waals surface area contributed by atoms with Gasteiger partial charge in [-0.3, -0.25) is 4.68 Å². The average Bonchev–Trinajstić information content (AvgIpc) is 2.99. The summed E-state index contributed by atoms with van der Waals surface area (Å²) in [6.07, 6.45) is 7.54. The maximum atomic E-state index is 6.31. The molecule has 26 heavy (non-hydrogen) atoms. The van der Waals surface area contributed by atoms with E-state index in [0.29, 0.717) is 36.7 Å². The standard InChI is InChI=1S/C19H34N4O3/c1-14-11-21-13-19(2,26-14)15-5-7-16(8-6-15)23-12-17(20)18(22-23)25-10-4-9-24-3/h12,14-16,21H,4-11,13,20H2,1-3H3/t14-,15?,16?,19-/m1/s1. The minimum Gasteiger partial charge on any atom is -0.475 e. The first-order valence-corrected chi connectivity index (χ1v) is 9.86. The van der Waals surface area contributed by atoms with E-state index in [1.165, 1.54) is 0 Å². The van der Waals surface area contributed by atoms with Crippen molar-refractivity contribution >= 4 is 5.69 Å². The molecule has 0 radical (unpaired) electrons. The van der Waals surface area contributed by atoms with Gasteiger partial charge in [0, 0.05) is 33.2 Å². The number of morpholine rings is 1. The fourth-order valence-electron chi connectivity index (χ4n) is 4.32. The van der Waals surface area contributed by atoms with Crippen molar-refractivity contribution in [3.05, 3.63) is 6.20 Å². The number of nitrogens with two attached hydrogens (primary N) is 1. The number of aromatic nitrogens is 2. The van der Waals surface area contributed by atoms with Gasteiger partial charge in [-0.15, -0.1) is 5.10 Å². The van der Waals surface area contributed by atoms with Gasteiger partial charge < -0.3 is 25.3 Å². The van der Waals surface area contributed by atoms with Gasteiger partial charge in [-0.2, -0.15) is 0 Å². The number of nitrogen functional groups attached to an aromatic ring is 1. The van der Waals surface area contributed by atoms with Crippen molar-refractivity contribution in [1.29, 1.82) is 0 Å². The van der Waals surface area contributed by atoms with Crippen LogP contribution in [0.25, 0.3) is 0 Å². The van der Waals surface area contributed by atoms with Gasteiger partial charge in [-0.25, -0.2) is 0 Å². The van der Waals surface area contributed by atoms with Crippen molar-refractivity contribution < 1.29 is 14.2 Å². The number of methoxy groups -OCH3 is 1. The molecule has 1 aromatic heterocycles. The SMILES string of the molecule is COCCCOc1nn(C2CCC([C@@]3(C)CNC[C@@H](C)O3)CC2)cc1N. The van der Waals surface area contributed by atoms with Crippen molar-refractivity contribution in [1.82, 2.24) is 15.1 Å². The topological polar surface area (TPSA) is 83.6 Å². The Balaban J connectivity index is 1.53. The van der Waals surface area contributed by atoms with Gasteiger partial charge in [0.05, 0.1) is 30.6 Å². The molecule has 2 fully saturated rings. The third-order valence-corrected chi connectivity index (χ3v) is 5.77. The van der Waals surface area contributed by atoms with E-state index in [-0.39, 0.29) is 11.7 Å². The molecule has 0 aromatic carbocycles. The molecule has 0 unspecified atom stereocenters. The summed E-state index contributed by atoms with van der Waals surface area (Å²) in [6.45, 7) is 7.56. The fourth-order valence-corrected chi connectivity index (χ4v) is 4.32. The molecule has 0 amide bonds. The summed E-state index contributed by atoms with van der Waals surface area (Å²) in [6, 6.07) is 0.391. The molecular weight excluding hydrogens is 332 g/mol. The number of anilines is 1. The lowest BCUT2D eigenvalue weighted by Crippen LogP contribution is -2.55. The number of nitrogens with zero attached hydrogens (tertiary/aromatic N) is 2. The van der Waals surface area contributed by atoms with E-state index in [1.54, 1.807) is 7.11 Å². The highest BCUT2D eigenvalue weighted by Gasteiger charge is 2.41. The number of hydrogen-bond donors (Lipinski definition) is 2. The van der Waals surface area contributed by atoms with Gasteiger partial charge in [0.2, 0.25) is 0 Å². The second-order valence-corrected chi connectivity index (χ2v) is 7.94. The maximum absolute atomic E-state index is 6.31. The van der Waals surface area contributed by atoms with Gasteiger partial charge in [-0.1, -0.05) is 0 Å². The van der Waals surface area contributed by atoms with Crippen LogP contribution < -0.4 is 15.8 Å². The third kappa shape index (κ3) is 4.50. The van der Waals surface area contributed by atoms with Crippen LogP contribution in [-0.2, 0) is 9.47 Å². The van der Waals surface area contributed by atoms with Crippen molar-refractivity contribution in [2.24, 2.45) is 5.92 Å². The third-order valence-electron chi connectivity index (χ3n) is 5.77. The Morgan fingerprint density at radius 2 is 2.12 bits per heavy atom. The van der Waals surface area contributed by atoms with E-state index in [4.69, 9.17) is 19.9 Å². The highest BCUT2D eigenvalue weighted by atomic mass is 16.5. The lowest BCUT2D eigenvalue weighted by Gasteiger charge is -2.46. The Morgan fingerprint density at radius 1 is 1.35 bits per heavy atom. The predicted molar refractivity (Wildman–Crippen MR) is 101 cm³/mol. The monoisotopic (exact) mass is 366 g/mol. The molecule has 7 heteroatoms.